The molecule has 1 aliphatic carbocycles. The Hall–Kier alpha value is -1.53. The molecule has 3 rings (SSSR count). The van der Waals surface area contributed by atoms with E-state index in [-0.39, 0.29) is 5.91 Å². The number of hydrogen-bond acceptors (Lipinski definition) is 4. The zero-order chi connectivity index (χ0) is 18.4. The predicted octanol–water partition coefficient (Wildman–Crippen LogP) is 4.41. The van der Waals surface area contributed by atoms with Crippen LogP contribution in [0.5, 0.6) is 0 Å². The van der Waals surface area contributed by atoms with Gasteiger partial charge < -0.3 is 9.88 Å². The number of nitrogens with one attached hydrogen (secondary N) is 1. The molecule has 0 unspecified atom stereocenters. The summed E-state index contributed by atoms with van der Waals surface area (Å²) in [6, 6.07) is 7.49. The van der Waals surface area contributed by atoms with Crippen LogP contribution in [-0.2, 0) is 17.9 Å². The lowest BCUT2D eigenvalue weighted by Crippen LogP contribution is -2.24. The Labute approximate surface area is 163 Å². The minimum atomic E-state index is -0.00480. The van der Waals surface area contributed by atoms with Gasteiger partial charge in [-0.3, -0.25) is 4.79 Å². The SMILES string of the molecule is CCn1c(SCC(=O)NCc2ccc(Cl)cc2)nnc1C1CCCCC1. The zero-order valence-electron chi connectivity index (χ0n) is 15.1. The number of aromatic nitrogens is 3. The maximum Gasteiger partial charge on any atom is 0.230 e. The Morgan fingerprint density at radius 2 is 1.96 bits per heavy atom. The van der Waals surface area contributed by atoms with Gasteiger partial charge in [-0.25, -0.2) is 0 Å². The summed E-state index contributed by atoms with van der Waals surface area (Å²) in [6.45, 7) is 3.46. The van der Waals surface area contributed by atoms with Gasteiger partial charge in [0.1, 0.15) is 5.82 Å². The molecule has 2 aromatic rings. The average Bonchev–Trinajstić information content (AvgIpc) is 3.09. The molecule has 0 atom stereocenters. The van der Waals surface area contributed by atoms with Crippen molar-refractivity contribution in [3.05, 3.63) is 40.7 Å². The highest BCUT2D eigenvalue weighted by Gasteiger charge is 2.23. The van der Waals surface area contributed by atoms with E-state index in [1.807, 2.05) is 24.3 Å². The molecule has 5 nitrogen and oxygen atoms in total. The molecule has 1 aromatic carbocycles. The molecule has 0 radical (unpaired) electrons. The fourth-order valence-corrected chi connectivity index (χ4v) is 4.32. The van der Waals surface area contributed by atoms with E-state index in [2.05, 4.69) is 27.0 Å². The lowest BCUT2D eigenvalue weighted by atomic mass is 9.89. The molecule has 0 saturated heterocycles. The standard InChI is InChI=1S/C19H25ClN4OS/c1-2-24-18(15-6-4-3-5-7-15)22-23-19(24)26-13-17(25)21-12-14-8-10-16(20)11-9-14/h8-11,15H,2-7,12-13H2,1H3,(H,21,25). The smallest absolute Gasteiger partial charge is 0.230 e. The van der Waals surface area contributed by atoms with E-state index < -0.39 is 0 Å². The minimum absolute atomic E-state index is 0.00480. The first-order valence-corrected chi connectivity index (χ1v) is 10.6. The van der Waals surface area contributed by atoms with Gasteiger partial charge in [-0.2, -0.15) is 0 Å². The monoisotopic (exact) mass is 392 g/mol. The Kier molecular flexibility index (Phi) is 6.97. The van der Waals surface area contributed by atoms with Crippen molar-refractivity contribution in [3.63, 3.8) is 0 Å². The van der Waals surface area contributed by atoms with Crippen molar-refractivity contribution in [1.29, 1.82) is 0 Å². The van der Waals surface area contributed by atoms with Crippen LogP contribution in [0, 0.1) is 0 Å². The van der Waals surface area contributed by atoms with Crippen molar-refractivity contribution in [2.75, 3.05) is 5.75 Å². The number of halogens is 1. The number of hydrogen-bond donors (Lipinski definition) is 1. The summed E-state index contributed by atoms with van der Waals surface area (Å²) < 4.78 is 2.17. The summed E-state index contributed by atoms with van der Waals surface area (Å²) in [6.07, 6.45) is 6.27. The van der Waals surface area contributed by atoms with E-state index in [0.717, 1.165) is 23.1 Å². The van der Waals surface area contributed by atoms with Gasteiger partial charge in [-0.05, 0) is 37.5 Å². The van der Waals surface area contributed by atoms with Crippen LogP contribution in [-0.4, -0.2) is 26.4 Å². The number of thioether (sulfide) groups is 1. The first kappa shape index (κ1) is 19.2. The van der Waals surface area contributed by atoms with E-state index in [0.29, 0.717) is 23.2 Å². The van der Waals surface area contributed by atoms with Crippen LogP contribution in [0.2, 0.25) is 5.02 Å². The van der Waals surface area contributed by atoms with Crippen LogP contribution in [0.1, 0.15) is 56.3 Å². The van der Waals surface area contributed by atoms with Gasteiger partial charge >= 0.3 is 0 Å². The second kappa shape index (κ2) is 9.42. The van der Waals surface area contributed by atoms with Crippen molar-refractivity contribution in [3.8, 4) is 0 Å². The van der Waals surface area contributed by atoms with E-state index >= 15 is 0 Å². The second-order valence-electron chi connectivity index (χ2n) is 6.61. The van der Waals surface area contributed by atoms with Gasteiger partial charge in [0.05, 0.1) is 5.75 Å². The molecule has 1 N–H and O–H groups in total. The van der Waals surface area contributed by atoms with Crippen LogP contribution < -0.4 is 5.32 Å². The summed E-state index contributed by atoms with van der Waals surface area (Å²) in [5.41, 5.74) is 1.03. The highest BCUT2D eigenvalue weighted by atomic mass is 35.5. The molecular weight excluding hydrogens is 368 g/mol. The first-order valence-electron chi connectivity index (χ1n) is 9.24. The molecule has 26 heavy (non-hydrogen) atoms. The molecule has 0 aliphatic heterocycles. The third-order valence-corrected chi connectivity index (χ3v) is 5.99. The molecule has 0 bridgehead atoms. The van der Waals surface area contributed by atoms with Crippen molar-refractivity contribution in [2.45, 2.75) is 63.2 Å². The Balaban J connectivity index is 1.52. The Bertz CT molecular complexity index is 726. The number of rotatable bonds is 7. The lowest BCUT2D eigenvalue weighted by molar-refractivity contribution is -0.118. The van der Waals surface area contributed by atoms with E-state index in [1.165, 1.54) is 43.9 Å². The van der Waals surface area contributed by atoms with Gasteiger partial charge in [-0.1, -0.05) is 54.8 Å². The normalized spacial score (nSPS) is 15.2. The largest absolute Gasteiger partial charge is 0.351 e. The van der Waals surface area contributed by atoms with E-state index in [1.54, 1.807) is 0 Å². The molecule has 140 valence electrons. The highest BCUT2D eigenvalue weighted by molar-refractivity contribution is 7.99. The maximum absolute atomic E-state index is 12.1. The molecule has 7 heteroatoms. The van der Waals surface area contributed by atoms with Crippen LogP contribution >= 0.6 is 23.4 Å². The number of carbonyl (C=O) groups is 1. The van der Waals surface area contributed by atoms with Crippen molar-refractivity contribution in [1.82, 2.24) is 20.1 Å². The third-order valence-electron chi connectivity index (χ3n) is 4.77. The number of nitrogens with zero attached hydrogens (tertiary/aromatic N) is 3. The molecule has 1 aromatic heterocycles. The van der Waals surface area contributed by atoms with Crippen molar-refractivity contribution >= 4 is 29.3 Å². The summed E-state index contributed by atoms with van der Waals surface area (Å²) >= 11 is 7.33. The number of carbonyl (C=O) groups excluding carboxylic acids is 1. The van der Waals surface area contributed by atoms with Gasteiger partial charge in [0.25, 0.3) is 0 Å². The Morgan fingerprint density at radius 3 is 2.65 bits per heavy atom. The number of benzene rings is 1. The topological polar surface area (TPSA) is 59.8 Å². The fraction of sp³-hybridized carbons (Fsp3) is 0.526. The van der Waals surface area contributed by atoms with Crippen molar-refractivity contribution in [2.24, 2.45) is 0 Å². The highest BCUT2D eigenvalue weighted by Crippen LogP contribution is 2.33. The van der Waals surface area contributed by atoms with Gasteiger partial charge in [0, 0.05) is 24.0 Å². The lowest BCUT2D eigenvalue weighted by Gasteiger charge is -2.21. The second-order valence-corrected chi connectivity index (χ2v) is 7.99. The van der Waals surface area contributed by atoms with Crippen LogP contribution in [0.4, 0.5) is 0 Å². The summed E-state index contributed by atoms with van der Waals surface area (Å²) in [4.78, 5) is 12.1. The zero-order valence-corrected chi connectivity index (χ0v) is 16.7. The molecule has 1 heterocycles. The third kappa shape index (κ3) is 5.01. The first-order chi connectivity index (χ1) is 12.7. The Morgan fingerprint density at radius 1 is 1.23 bits per heavy atom. The minimum Gasteiger partial charge on any atom is -0.351 e. The van der Waals surface area contributed by atoms with Crippen LogP contribution in [0.3, 0.4) is 0 Å². The molecule has 1 aliphatic rings. The maximum atomic E-state index is 12.1. The summed E-state index contributed by atoms with van der Waals surface area (Å²) in [5, 5.41) is 13.3. The fourth-order valence-electron chi connectivity index (χ4n) is 3.35. The molecule has 1 fully saturated rings. The van der Waals surface area contributed by atoms with Gasteiger partial charge in [0.15, 0.2) is 5.16 Å². The van der Waals surface area contributed by atoms with Crippen LogP contribution in [0.15, 0.2) is 29.4 Å². The van der Waals surface area contributed by atoms with E-state index in [4.69, 9.17) is 11.6 Å². The van der Waals surface area contributed by atoms with Crippen molar-refractivity contribution < 1.29 is 4.79 Å². The summed E-state index contributed by atoms with van der Waals surface area (Å²) in [7, 11) is 0. The quantitative estimate of drug-likeness (QED) is 0.709. The predicted molar refractivity (Wildman–Crippen MR) is 106 cm³/mol. The molecule has 0 spiro atoms. The molecule has 1 saturated carbocycles. The van der Waals surface area contributed by atoms with Crippen LogP contribution in [0.25, 0.3) is 0 Å². The van der Waals surface area contributed by atoms with Gasteiger partial charge in [-0.15, -0.1) is 10.2 Å². The molecular formula is C19H25ClN4OS. The average molecular weight is 393 g/mol. The van der Waals surface area contributed by atoms with E-state index in [9.17, 15) is 4.79 Å². The van der Waals surface area contributed by atoms with Gasteiger partial charge in [0.2, 0.25) is 5.91 Å². The molecule has 1 amide bonds. The summed E-state index contributed by atoms with van der Waals surface area (Å²) in [5.74, 6) is 1.95. The number of amides is 1.